The van der Waals surface area contributed by atoms with Gasteiger partial charge in [0.1, 0.15) is 0 Å². The number of carbonyl (C=O) groups is 1. The minimum absolute atomic E-state index is 0.0704. The fourth-order valence-corrected chi connectivity index (χ4v) is 2.99. The number of nitrogen functional groups attached to an aromatic ring is 1. The molecule has 1 amide bonds. The number of fused-ring (bicyclic) bond motifs is 1. The maximum atomic E-state index is 12.8. The zero-order valence-corrected chi connectivity index (χ0v) is 13.2. The first-order valence-electron chi connectivity index (χ1n) is 7.86. The van der Waals surface area contributed by atoms with Crippen molar-refractivity contribution in [3.8, 4) is 0 Å². The summed E-state index contributed by atoms with van der Waals surface area (Å²) in [5.41, 5.74) is 10.8. The van der Waals surface area contributed by atoms with Gasteiger partial charge in [-0.1, -0.05) is 26.0 Å². The molecule has 0 atom stereocenters. The highest BCUT2D eigenvalue weighted by Gasteiger charge is 2.23. The van der Waals surface area contributed by atoms with Gasteiger partial charge in [-0.2, -0.15) is 0 Å². The molecule has 0 aromatic heterocycles. The number of nitrogens with zero attached hydrogens (tertiary/aromatic N) is 1. The molecule has 0 saturated heterocycles. The first kappa shape index (κ1) is 14.6. The summed E-state index contributed by atoms with van der Waals surface area (Å²) in [6.07, 6.45) is 1.96. The third-order valence-electron chi connectivity index (χ3n) is 4.29. The average Bonchev–Trinajstić information content (AvgIpc) is 2.53. The van der Waals surface area contributed by atoms with Gasteiger partial charge >= 0.3 is 0 Å². The number of carbonyl (C=O) groups excluding carboxylic acids is 1. The van der Waals surface area contributed by atoms with Crippen LogP contribution in [0.25, 0.3) is 0 Å². The molecule has 0 aliphatic carbocycles. The van der Waals surface area contributed by atoms with Gasteiger partial charge in [0.2, 0.25) is 0 Å². The van der Waals surface area contributed by atoms with Crippen LogP contribution in [0.2, 0.25) is 0 Å². The highest BCUT2D eigenvalue weighted by molar-refractivity contribution is 6.06. The Morgan fingerprint density at radius 1 is 1.14 bits per heavy atom. The van der Waals surface area contributed by atoms with Gasteiger partial charge in [0.15, 0.2) is 0 Å². The van der Waals surface area contributed by atoms with Gasteiger partial charge in [-0.15, -0.1) is 0 Å². The zero-order valence-electron chi connectivity index (χ0n) is 13.2. The van der Waals surface area contributed by atoms with E-state index in [1.807, 2.05) is 47.4 Å². The molecule has 0 radical (unpaired) electrons. The van der Waals surface area contributed by atoms with Crippen LogP contribution in [0.4, 0.5) is 11.4 Å². The van der Waals surface area contributed by atoms with Crippen molar-refractivity contribution in [1.29, 1.82) is 0 Å². The topological polar surface area (TPSA) is 46.3 Å². The van der Waals surface area contributed by atoms with Crippen LogP contribution < -0.4 is 10.6 Å². The Kier molecular flexibility index (Phi) is 3.88. The van der Waals surface area contributed by atoms with E-state index in [1.165, 1.54) is 11.1 Å². The lowest BCUT2D eigenvalue weighted by Crippen LogP contribution is -2.35. The molecular formula is C19H22N2O. The van der Waals surface area contributed by atoms with Crippen LogP contribution >= 0.6 is 0 Å². The van der Waals surface area contributed by atoms with Crippen LogP contribution in [0.15, 0.2) is 42.5 Å². The summed E-state index contributed by atoms with van der Waals surface area (Å²) in [6.45, 7) is 5.08. The number of nitrogens with two attached hydrogens (primary N) is 1. The molecule has 0 unspecified atom stereocenters. The van der Waals surface area contributed by atoms with E-state index >= 15 is 0 Å². The Hall–Kier alpha value is -2.29. The Morgan fingerprint density at radius 2 is 1.86 bits per heavy atom. The summed E-state index contributed by atoms with van der Waals surface area (Å²) >= 11 is 0. The van der Waals surface area contributed by atoms with Crippen molar-refractivity contribution in [3.05, 3.63) is 59.2 Å². The van der Waals surface area contributed by atoms with E-state index in [0.717, 1.165) is 36.3 Å². The predicted octanol–water partition coefficient (Wildman–Crippen LogP) is 3.99. The number of rotatable bonds is 2. The molecule has 1 heterocycles. The lowest BCUT2D eigenvalue weighted by atomic mass is 9.98. The van der Waals surface area contributed by atoms with Crippen molar-refractivity contribution in [3.63, 3.8) is 0 Å². The van der Waals surface area contributed by atoms with Crippen molar-refractivity contribution < 1.29 is 4.79 Å². The van der Waals surface area contributed by atoms with Crippen molar-refractivity contribution in [2.45, 2.75) is 32.6 Å². The summed E-state index contributed by atoms with van der Waals surface area (Å²) in [5, 5.41) is 0. The Labute approximate surface area is 131 Å². The van der Waals surface area contributed by atoms with E-state index in [0.29, 0.717) is 5.92 Å². The van der Waals surface area contributed by atoms with Gasteiger partial charge in [0.05, 0.1) is 0 Å². The third-order valence-corrected chi connectivity index (χ3v) is 4.29. The van der Waals surface area contributed by atoms with Gasteiger partial charge in [-0.05, 0) is 60.2 Å². The van der Waals surface area contributed by atoms with E-state index in [2.05, 4.69) is 13.8 Å². The van der Waals surface area contributed by atoms with Crippen LogP contribution in [0.1, 0.15) is 47.7 Å². The molecule has 1 aliphatic rings. The van der Waals surface area contributed by atoms with Crippen LogP contribution in [0, 0.1) is 0 Å². The quantitative estimate of drug-likeness (QED) is 0.851. The summed E-state index contributed by atoms with van der Waals surface area (Å²) < 4.78 is 0. The maximum Gasteiger partial charge on any atom is 0.258 e. The average molecular weight is 294 g/mol. The van der Waals surface area contributed by atoms with E-state index in [-0.39, 0.29) is 5.91 Å². The summed E-state index contributed by atoms with van der Waals surface area (Å²) in [7, 11) is 0. The molecule has 22 heavy (non-hydrogen) atoms. The van der Waals surface area contributed by atoms with E-state index in [9.17, 15) is 4.79 Å². The van der Waals surface area contributed by atoms with Crippen molar-refractivity contribution in [1.82, 2.24) is 0 Å². The van der Waals surface area contributed by atoms with Crippen LogP contribution in [-0.4, -0.2) is 12.5 Å². The largest absolute Gasteiger partial charge is 0.399 e. The number of amides is 1. The fraction of sp³-hybridized carbons (Fsp3) is 0.316. The Morgan fingerprint density at radius 3 is 2.55 bits per heavy atom. The monoisotopic (exact) mass is 294 g/mol. The molecule has 1 aliphatic heterocycles. The normalized spacial score (nSPS) is 14.0. The molecule has 3 heteroatoms. The van der Waals surface area contributed by atoms with Crippen molar-refractivity contribution >= 4 is 17.3 Å². The summed E-state index contributed by atoms with van der Waals surface area (Å²) in [4.78, 5) is 14.7. The predicted molar refractivity (Wildman–Crippen MR) is 91.4 cm³/mol. The molecule has 0 spiro atoms. The van der Waals surface area contributed by atoms with E-state index in [1.54, 1.807) is 0 Å². The fourth-order valence-electron chi connectivity index (χ4n) is 2.99. The Bertz CT molecular complexity index is 689. The lowest BCUT2D eigenvalue weighted by Gasteiger charge is -2.30. The molecule has 3 rings (SSSR count). The minimum atomic E-state index is 0.0704. The van der Waals surface area contributed by atoms with Crippen LogP contribution in [0.5, 0.6) is 0 Å². The van der Waals surface area contributed by atoms with Gasteiger partial charge in [-0.25, -0.2) is 0 Å². The molecule has 2 N–H and O–H groups in total. The zero-order chi connectivity index (χ0) is 15.7. The molecule has 0 bridgehead atoms. The SMILES string of the molecule is CC(C)c1ccc(C(=O)N2CCCc3cc(N)ccc32)cc1. The lowest BCUT2D eigenvalue weighted by molar-refractivity contribution is 0.0985. The molecule has 114 valence electrons. The van der Waals surface area contributed by atoms with E-state index < -0.39 is 0 Å². The molecule has 0 saturated carbocycles. The molecule has 2 aromatic rings. The van der Waals surface area contributed by atoms with Crippen molar-refractivity contribution in [2.75, 3.05) is 17.2 Å². The first-order valence-corrected chi connectivity index (χ1v) is 7.86. The third kappa shape index (κ3) is 2.71. The second kappa shape index (κ2) is 5.84. The van der Waals surface area contributed by atoms with Gasteiger partial charge < -0.3 is 10.6 Å². The van der Waals surface area contributed by atoms with Crippen molar-refractivity contribution in [2.24, 2.45) is 0 Å². The molecule has 2 aromatic carbocycles. The van der Waals surface area contributed by atoms with Crippen LogP contribution in [-0.2, 0) is 6.42 Å². The van der Waals surface area contributed by atoms with Crippen LogP contribution in [0.3, 0.4) is 0 Å². The number of benzene rings is 2. The highest BCUT2D eigenvalue weighted by Crippen LogP contribution is 2.30. The highest BCUT2D eigenvalue weighted by atomic mass is 16.2. The standard InChI is InChI=1S/C19H22N2O/c1-13(2)14-5-7-15(8-6-14)19(22)21-11-3-4-16-12-17(20)9-10-18(16)21/h5-10,12-13H,3-4,11,20H2,1-2H3. The second-order valence-electron chi connectivity index (χ2n) is 6.23. The first-order chi connectivity index (χ1) is 10.6. The summed E-state index contributed by atoms with van der Waals surface area (Å²) in [6, 6.07) is 13.8. The van der Waals surface area contributed by atoms with E-state index in [4.69, 9.17) is 5.73 Å². The van der Waals surface area contributed by atoms with Gasteiger partial charge in [-0.3, -0.25) is 4.79 Å². The maximum absolute atomic E-state index is 12.8. The van der Waals surface area contributed by atoms with Gasteiger partial charge in [0.25, 0.3) is 5.91 Å². The summed E-state index contributed by atoms with van der Waals surface area (Å²) in [5.74, 6) is 0.545. The molecule has 3 nitrogen and oxygen atoms in total. The molecular weight excluding hydrogens is 272 g/mol. The minimum Gasteiger partial charge on any atom is -0.399 e. The smallest absolute Gasteiger partial charge is 0.258 e. The molecule has 0 fully saturated rings. The Balaban J connectivity index is 1.90. The number of anilines is 2. The number of aryl methyl sites for hydroxylation is 1. The van der Waals surface area contributed by atoms with Gasteiger partial charge in [0, 0.05) is 23.5 Å². The number of hydrogen-bond donors (Lipinski definition) is 1. The number of hydrogen-bond acceptors (Lipinski definition) is 2. The second-order valence-corrected chi connectivity index (χ2v) is 6.23.